The van der Waals surface area contributed by atoms with Crippen LogP contribution in [0.1, 0.15) is 24.5 Å². The Balaban J connectivity index is 1.49. The van der Waals surface area contributed by atoms with Crippen molar-refractivity contribution < 1.29 is 4.79 Å². The van der Waals surface area contributed by atoms with Gasteiger partial charge in [0.05, 0.1) is 0 Å². The number of amides is 1. The summed E-state index contributed by atoms with van der Waals surface area (Å²) >= 11 is 0. The van der Waals surface area contributed by atoms with Gasteiger partial charge in [-0.15, -0.1) is 0 Å². The number of rotatable bonds is 7. The number of para-hydroxylation sites is 1. The van der Waals surface area contributed by atoms with Gasteiger partial charge in [0.25, 0.3) is 0 Å². The fourth-order valence-corrected chi connectivity index (χ4v) is 3.32. The van der Waals surface area contributed by atoms with Crippen molar-refractivity contribution in [1.29, 1.82) is 0 Å². The molecule has 0 atom stereocenters. The Kier molecular flexibility index (Phi) is 6.85. The summed E-state index contributed by atoms with van der Waals surface area (Å²) in [5, 5.41) is 6.54. The highest BCUT2D eigenvalue weighted by Crippen LogP contribution is 2.27. The molecule has 1 aliphatic heterocycles. The van der Waals surface area contributed by atoms with Gasteiger partial charge < -0.3 is 15.5 Å². The van der Waals surface area contributed by atoms with Crippen LogP contribution >= 0.6 is 0 Å². The Morgan fingerprint density at radius 3 is 2.67 bits per heavy atom. The Morgan fingerprint density at radius 2 is 1.85 bits per heavy atom. The second kappa shape index (κ2) is 9.76. The van der Waals surface area contributed by atoms with Gasteiger partial charge in [-0.25, -0.2) is 4.99 Å². The molecule has 0 bridgehead atoms. The predicted octanol–water partition coefficient (Wildman–Crippen LogP) is 2.76. The van der Waals surface area contributed by atoms with Gasteiger partial charge in [0.2, 0.25) is 5.91 Å². The molecule has 0 spiro atoms. The van der Waals surface area contributed by atoms with Crippen LogP contribution in [0.15, 0.2) is 59.6 Å². The second-order valence-electron chi connectivity index (χ2n) is 6.64. The zero-order valence-corrected chi connectivity index (χ0v) is 15.9. The molecule has 0 aliphatic carbocycles. The van der Waals surface area contributed by atoms with Gasteiger partial charge in [-0.3, -0.25) is 4.79 Å². The lowest BCUT2D eigenvalue weighted by molar-refractivity contribution is -0.117. The van der Waals surface area contributed by atoms with Crippen molar-refractivity contribution in [3.63, 3.8) is 0 Å². The lowest BCUT2D eigenvalue weighted by Crippen LogP contribution is -2.39. The van der Waals surface area contributed by atoms with Gasteiger partial charge in [-0.1, -0.05) is 48.5 Å². The standard InChI is InChI=1S/C22H28N4O/c1-2-23-22(24-15-8-11-18-9-4-3-5-10-18)25-17-21(27)26-16-14-19-12-6-7-13-20(19)26/h3-7,9-10,12-13H,2,8,11,14-17H2,1H3,(H2,23,24,25). The molecule has 5 nitrogen and oxygen atoms in total. The minimum absolute atomic E-state index is 0.0430. The first-order chi connectivity index (χ1) is 13.3. The van der Waals surface area contributed by atoms with E-state index in [1.54, 1.807) is 0 Å². The zero-order valence-electron chi connectivity index (χ0n) is 15.9. The summed E-state index contributed by atoms with van der Waals surface area (Å²) in [5.41, 5.74) is 3.60. The van der Waals surface area contributed by atoms with E-state index >= 15 is 0 Å². The quantitative estimate of drug-likeness (QED) is 0.451. The largest absolute Gasteiger partial charge is 0.357 e. The molecule has 0 saturated carbocycles. The molecule has 0 radical (unpaired) electrons. The smallest absolute Gasteiger partial charge is 0.248 e. The first kappa shape index (κ1) is 19.0. The van der Waals surface area contributed by atoms with E-state index in [-0.39, 0.29) is 12.5 Å². The lowest BCUT2D eigenvalue weighted by atomic mass is 10.1. The SMILES string of the molecule is CCNC(=NCC(=O)N1CCc2ccccc21)NCCCc1ccccc1. The molecule has 0 unspecified atom stereocenters. The zero-order chi connectivity index (χ0) is 18.9. The third kappa shape index (κ3) is 5.33. The van der Waals surface area contributed by atoms with Gasteiger partial charge in [-0.2, -0.15) is 0 Å². The molecule has 0 saturated heterocycles. The maximum absolute atomic E-state index is 12.6. The summed E-state index contributed by atoms with van der Waals surface area (Å²) in [6, 6.07) is 18.6. The number of nitrogens with zero attached hydrogens (tertiary/aromatic N) is 2. The highest BCUT2D eigenvalue weighted by atomic mass is 16.2. The predicted molar refractivity (Wildman–Crippen MR) is 111 cm³/mol. The summed E-state index contributed by atoms with van der Waals surface area (Å²) in [7, 11) is 0. The van der Waals surface area contributed by atoms with Crippen molar-refractivity contribution in [3.8, 4) is 0 Å². The van der Waals surface area contributed by atoms with Crippen LogP contribution in [-0.2, 0) is 17.6 Å². The number of carbonyl (C=O) groups is 1. The molecule has 1 heterocycles. The van der Waals surface area contributed by atoms with Crippen molar-refractivity contribution in [3.05, 3.63) is 65.7 Å². The highest BCUT2D eigenvalue weighted by molar-refractivity contribution is 5.98. The van der Waals surface area contributed by atoms with Gasteiger partial charge in [0.1, 0.15) is 6.54 Å². The molecule has 5 heteroatoms. The Labute approximate surface area is 161 Å². The maximum Gasteiger partial charge on any atom is 0.248 e. The Bertz CT molecular complexity index is 773. The van der Waals surface area contributed by atoms with Gasteiger partial charge in [-0.05, 0) is 43.4 Å². The number of anilines is 1. The van der Waals surface area contributed by atoms with Crippen molar-refractivity contribution in [2.24, 2.45) is 4.99 Å². The lowest BCUT2D eigenvalue weighted by Gasteiger charge is -2.17. The van der Waals surface area contributed by atoms with E-state index in [1.807, 2.05) is 36.1 Å². The van der Waals surface area contributed by atoms with E-state index in [0.29, 0.717) is 5.96 Å². The minimum Gasteiger partial charge on any atom is -0.357 e. The van der Waals surface area contributed by atoms with Crippen LogP contribution in [0.25, 0.3) is 0 Å². The first-order valence-corrected chi connectivity index (χ1v) is 9.72. The topological polar surface area (TPSA) is 56.7 Å². The molecule has 27 heavy (non-hydrogen) atoms. The second-order valence-corrected chi connectivity index (χ2v) is 6.64. The van der Waals surface area contributed by atoms with Crippen LogP contribution in [0.2, 0.25) is 0 Å². The Morgan fingerprint density at radius 1 is 1.07 bits per heavy atom. The van der Waals surface area contributed by atoms with Crippen molar-refractivity contribution in [1.82, 2.24) is 10.6 Å². The third-order valence-electron chi connectivity index (χ3n) is 4.68. The summed E-state index contributed by atoms with van der Waals surface area (Å²) in [4.78, 5) is 18.9. The van der Waals surface area contributed by atoms with E-state index in [1.165, 1.54) is 11.1 Å². The summed E-state index contributed by atoms with van der Waals surface area (Å²) in [5.74, 6) is 0.743. The molecular formula is C22H28N4O. The van der Waals surface area contributed by atoms with Crippen LogP contribution in [0.4, 0.5) is 5.69 Å². The summed E-state index contributed by atoms with van der Waals surface area (Å²) in [6.07, 6.45) is 2.96. The van der Waals surface area contributed by atoms with Gasteiger partial charge >= 0.3 is 0 Å². The van der Waals surface area contributed by atoms with E-state index < -0.39 is 0 Å². The molecule has 0 aromatic heterocycles. The van der Waals surface area contributed by atoms with Crippen LogP contribution < -0.4 is 15.5 Å². The van der Waals surface area contributed by atoms with Crippen LogP contribution in [0.5, 0.6) is 0 Å². The summed E-state index contributed by atoms with van der Waals surface area (Å²) < 4.78 is 0. The molecule has 3 rings (SSSR count). The van der Waals surface area contributed by atoms with Crippen molar-refractivity contribution >= 4 is 17.6 Å². The molecule has 1 amide bonds. The van der Waals surface area contributed by atoms with Crippen molar-refractivity contribution in [2.75, 3.05) is 31.1 Å². The molecule has 2 aromatic carbocycles. The van der Waals surface area contributed by atoms with E-state index in [4.69, 9.17) is 0 Å². The molecular weight excluding hydrogens is 336 g/mol. The van der Waals surface area contributed by atoms with E-state index in [2.05, 4.69) is 46.0 Å². The third-order valence-corrected chi connectivity index (χ3v) is 4.68. The van der Waals surface area contributed by atoms with Gasteiger partial charge in [0, 0.05) is 25.3 Å². The fraction of sp³-hybridized carbons (Fsp3) is 0.364. The Hall–Kier alpha value is -2.82. The number of fused-ring (bicyclic) bond motifs is 1. The molecule has 0 fully saturated rings. The first-order valence-electron chi connectivity index (χ1n) is 9.72. The molecule has 2 aromatic rings. The number of guanidine groups is 1. The molecule has 1 aliphatic rings. The monoisotopic (exact) mass is 364 g/mol. The molecule has 142 valence electrons. The highest BCUT2D eigenvalue weighted by Gasteiger charge is 2.23. The normalized spacial score (nSPS) is 13.4. The van der Waals surface area contributed by atoms with E-state index in [9.17, 15) is 4.79 Å². The molecule has 2 N–H and O–H groups in total. The number of carbonyl (C=O) groups excluding carboxylic acids is 1. The maximum atomic E-state index is 12.6. The van der Waals surface area contributed by atoms with E-state index in [0.717, 1.165) is 44.6 Å². The van der Waals surface area contributed by atoms with Crippen LogP contribution in [0.3, 0.4) is 0 Å². The van der Waals surface area contributed by atoms with Crippen molar-refractivity contribution in [2.45, 2.75) is 26.2 Å². The number of aliphatic imine (C=N–C) groups is 1. The fourth-order valence-electron chi connectivity index (χ4n) is 3.32. The number of hydrogen-bond acceptors (Lipinski definition) is 2. The summed E-state index contributed by atoms with van der Waals surface area (Å²) in [6.45, 7) is 4.52. The number of hydrogen-bond donors (Lipinski definition) is 2. The minimum atomic E-state index is 0.0430. The number of benzene rings is 2. The number of aryl methyl sites for hydroxylation is 1. The van der Waals surface area contributed by atoms with Crippen LogP contribution in [-0.4, -0.2) is 38.0 Å². The van der Waals surface area contributed by atoms with Crippen LogP contribution in [0, 0.1) is 0 Å². The average molecular weight is 364 g/mol. The number of nitrogens with one attached hydrogen (secondary N) is 2. The van der Waals surface area contributed by atoms with Gasteiger partial charge in [0.15, 0.2) is 5.96 Å². The average Bonchev–Trinajstić information content (AvgIpc) is 3.14.